The minimum absolute atomic E-state index is 0.0679. The summed E-state index contributed by atoms with van der Waals surface area (Å²) in [6.07, 6.45) is 1.47. The lowest BCUT2D eigenvalue weighted by Gasteiger charge is -2.13. The Morgan fingerprint density at radius 3 is 2.72 bits per heavy atom. The van der Waals surface area contributed by atoms with Crippen molar-refractivity contribution < 1.29 is 14.4 Å². The van der Waals surface area contributed by atoms with Crippen molar-refractivity contribution in [3.05, 3.63) is 73.3 Å². The van der Waals surface area contributed by atoms with Crippen LogP contribution in [0.25, 0.3) is 0 Å². The number of methoxy groups -OCH3 is 1. The number of benzene rings is 2. The minimum atomic E-state index is -0.499. The third-order valence-corrected chi connectivity index (χ3v) is 5.13. The molecule has 0 spiro atoms. The quantitative estimate of drug-likeness (QED) is 0.220. The number of aryl methyl sites for hydroxylation is 2. The molecule has 3 aromatic rings. The normalized spacial score (nSPS) is 11.3. The van der Waals surface area contributed by atoms with Gasteiger partial charge < -0.3 is 9.47 Å². The van der Waals surface area contributed by atoms with Gasteiger partial charge in [0.25, 0.3) is 0 Å². The maximum Gasteiger partial charge on any atom is 0.315 e. The van der Waals surface area contributed by atoms with Crippen LogP contribution in [-0.4, -0.2) is 33.1 Å². The summed E-state index contributed by atoms with van der Waals surface area (Å²) >= 11 is 5.22. The number of ether oxygens (including phenoxy) is 2. The fraction of sp³-hybridized carbons (Fsp3) is 0.318. The molecule has 1 heterocycles. The third-order valence-electron chi connectivity index (χ3n) is 4.86. The van der Waals surface area contributed by atoms with Crippen LogP contribution in [0.15, 0.2) is 35.4 Å². The fourth-order valence-corrected chi connectivity index (χ4v) is 3.32. The van der Waals surface area contributed by atoms with Gasteiger partial charge in [-0.3, -0.25) is 15.2 Å². The molecule has 32 heavy (non-hydrogen) atoms. The van der Waals surface area contributed by atoms with Gasteiger partial charge >= 0.3 is 5.69 Å². The Morgan fingerprint density at radius 2 is 2.06 bits per heavy atom. The van der Waals surface area contributed by atoms with E-state index in [9.17, 15) is 10.1 Å². The number of H-pyrrole nitrogens is 1. The number of nitro groups is 1. The van der Waals surface area contributed by atoms with Gasteiger partial charge in [0, 0.05) is 17.5 Å². The molecular weight excluding hydrogens is 430 g/mol. The monoisotopic (exact) mass is 455 g/mol. The van der Waals surface area contributed by atoms with Gasteiger partial charge in [-0.2, -0.15) is 14.9 Å². The van der Waals surface area contributed by atoms with Crippen molar-refractivity contribution in [2.45, 2.75) is 40.2 Å². The van der Waals surface area contributed by atoms with Crippen molar-refractivity contribution in [3.8, 4) is 11.5 Å². The molecule has 0 saturated carbocycles. The van der Waals surface area contributed by atoms with Gasteiger partial charge in [0.2, 0.25) is 10.5 Å². The Morgan fingerprint density at radius 1 is 1.31 bits per heavy atom. The van der Waals surface area contributed by atoms with E-state index >= 15 is 0 Å². The van der Waals surface area contributed by atoms with Gasteiger partial charge in [0.05, 0.1) is 18.2 Å². The highest BCUT2D eigenvalue weighted by molar-refractivity contribution is 7.71. The number of hydrogen-bond acceptors (Lipinski definition) is 7. The summed E-state index contributed by atoms with van der Waals surface area (Å²) < 4.78 is 13.1. The first kappa shape index (κ1) is 23.1. The fourth-order valence-electron chi connectivity index (χ4n) is 3.13. The molecule has 10 heteroatoms. The first-order valence-corrected chi connectivity index (χ1v) is 10.4. The van der Waals surface area contributed by atoms with Crippen molar-refractivity contribution in [2.24, 2.45) is 5.10 Å². The molecule has 0 saturated heterocycles. The first-order valence-electron chi connectivity index (χ1n) is 9.98. The highest BCUT2D eigenvalue weighted by Crippen LogP contribution is 2.38. The van der Waals surface area contributed by atoms with Crippen molar-refractivity contribution >= 4 is 24.1 Å². The summed E-state index contributed by atoms with van der Waals surface area (Å²) in [5, 5.41) is 23.0. The molecule has 9 nitrogen and oxygen atoms in total. The van der Waals surface area contributed by atoms with Gasteiger partial charge in [-0.25, -0.2) is 0 Å². The zero-order chi connectivity index (χ0) is 23.4. The average Bonchev–Trinajstić information content (AvgIpc) is 3.13. The Labute approximate surface area is 190 Å². The Kier molecular flexibility index (Phi) is 7.04. The lowest BCUT2D eigenvalue weighted by Crippen LogP contribution is -2.04. The van der Waals surface area contributed by atoms with Crippen LogP contribution in [0, 0.1) is 28.7 Å². The number of aromatic nitrogens is 3. The van der Waals surface area contributed by atoms with Crippen molar-refractivity contribution in [2.75, 3.05) is 7.11 Å². The lowest BCUT2D eigenvalue weighted by molar-refractivity contribution is -0.386. The van der Waals surface area contributed by atoms with Gasteiger partial charge in [-0.15, -0.1) is 0 Å². The molecule has 0 unspecified atom stereocenters. The minimum Gasteiger partial charge on any atom is -0.493 e. The van der Waals surface area contributed by atoms with E-state index in [2.05, 4.69) is 15.3 Å². The number of aromatic amines is 1. The number of nitrogens with zero attached hydrogens (tertiary/aromatic N) is 4. The van der Waals surface area contributed by atoms with E-state index in [-0.39, 0.29) is 29.7 Å². The molecule has 0 aliphatic carbocycles. The number of hydrogen-bond donors (Lipinski definition) is 1. The van der Waals surface area contributed by atoms with Crippen LogP contribution >= 0.6 is 12.2 Å². The van der Waals surface area contributed by atoms with E-state index in [1.165, 1.54) is 24.1 Å². The molecule has 0 bridgehead atoms. The third kappa shape index (κ3) is 5.02. The topological polar surface area (TPSA) is 108 Å². The summed E-state index contributed by atoms with van der Waals surface area (Å²) in [7, 11) is 1.44. The van der Waals surface area contributed by atoms with Crippen LogP contribution in [0.3, 0.4) is 0 Å². The second kappa shape index (κ2) is 9.73. The smallest absolute Gasteiger partial charge is 0.315 e. The molecule has 168 valence electrons. The van der Waals surface area contributed by atoms with E-state index in [0.29, 0.717) is 16.2 Å². The van der Waals surface area contributed by atoms with E-state index in [0.717, 1.165) is 16.7 Å². The molecule has 1 aromatic heterocycles. The molecule has 2 aromatic carbocycles. The lowest BCUT2D eigenvalue weighted by atomic mass is 10.1. The van der Waals surface area contributed by atoms with Gasteiger partial charge in [-0.05, 0) is 43.3 Å². The molecular formula is C22H25N5O4S. The van der Waals surface area contributed by atoms with Crippen molar-refractivity contribution in [1.29, 1.82) is 0 Å². The van der Waals surface area contributed by atoms with Crippen LogP contribution in [0.2, 0.25) is 0 Å². The summed E-state index contributed by atoms with van der Waals surface area (Å²) in [6.45, 7) is 8.06. The first-order chi connectivity index (χ1) is 15.2. The van der Waals surface area contributed by atoms with Crippen LogP contribution in [-0.2, 0) is 6.61 Å². The second-order valence-corrected chi connectivity index (χ2v) is 8.03. The predicted octanol–water partition coefficient (Wildman–Crippen LogP) is 5.06. The Hall–Kier alpha value is -3.53. The van der Waals surface area contributed by atoms with E-state index in [1.807, 2.05) is 45.9 Å². The maximum atomic E-state index is 11.8. The van der Waals surface area contributed by atoms with Crippen LogP contribution in [0.1, 0.15) is 47.8 Å². The standard InChI is InChI=1S/C22H25N5O4S/c1-13(2)21-24-25-22(32)26(21)23-11-16-9-18(27(28)29)20(19(10-16)30-5)31-12-17-8-14(3)6-7-15(17)4/h6-11,13H,12H2,1-5H3,(H,25,32)/b23-11-. The number of nitrogens with one attached hydrogen (secondary N) is 1. The summed E-state index contributed by atoms with van der Waals surface area (Å²) in [4.78, 5) is 11.3. The van der Waals surface area contributed by atoms with Crippen LogP contribution < -0.4 is 9.47 Å². The zero-order valence-electron chi connectivity index (χ0n) is 18.6. The van der Waals surface area contributed by atoms with Crippen molar-refractivity contribution in [1.82, 2.24) is 14.9 Å². The molecule has 0 amide bonds. The summed E-state index contributed by atoms with van der Waals surface area (Å²) in [5.41, 5.74) is 3.32. The van der Waals surface area contributed by atoms with Gasteiger partial charge in [0.1, 0.15) is 6.61 Å². The van der Waals surface area contributed by atoms with E-state index < -0.39 is 4.92 Å². The molecule has 0 aliphatic rings. The summed E-state index contributed by atoms with van der Waals surface area (Å²) in [6, 6.07) is 9.02. The SMILES string of the molecule is COc1cc(/C=N\n2c(C(C)C)n[nH]c2=S)cc([N+](=O)[O-])c1OCc1cc(C)ccc1C. The maximum absolute atomic E-state index is 11.8. The highest BCUT2D eigenvalue weighted by atomic mass is 32.1. The number of nitro benzene ring substituents is 1. The van der Waals surface area contributed by atoms with Crippen molar-refractivity contribution in [3.63, 3.8) is 0 Å². The predicted molar refractivity (Wildman–Crippen MR) is 124 cm³/mol. The molecule has 0 radical (unpaired) electrons. The summed E-state index contributed by atoms with van der Waals surface area (Å²) in [5.74, 6) is 1.05. The largest absolute Gasteiger partial charge is 0.493 e. The van der Waals surface area contributed by atoms with Crippen LogP contribution in [0.5, 0.6) is 11.5 Å². The average molecular weight is 456 g/mol. The number of rotatable bonds is 8. The molecule has 3 rings (SSSR count). The van der Waals surface area contributed by atoms with Gasteiger partial charge in [0.15, 0.2) is 11.6 Å². The van der Waals surface area contributed by atoms with Crippen LogP contribution in [0.4, 0.5) is 5.69 Å². The highest BCUT2D eigenvalue weighted by Gasteiger charge is 2.22. The second-order valence-electron chi connectivity index (χ2n) is 7.65. The zero-order valence-corrected chi connectivity index (χ0v) is 19.4. The molecule has 0 fully saturated rings. The molecule has 1 N–H and O–H groups in total. The van der Waals surface area contributed by atoms with E-state index in [4.69, 9.17) is 21.7 Å². The van der Waals surface area contributed by atoms with E-state index in [1.54, 1.807) is 6.07 Å². The molecule has 0 atom stereocenters. The van der Waals surface area contributed by atoms with Gasteiger partial charge in [-0.1, -0.05) is 37.6 Å². The Bertz CT molecular complexity index is 1230. The molecule has 0 aliphatic heterocycles. The Balaban J connectivity index is 1.97.